The van der Waals surface area contributed by atoms with Crippen LogP contribution in [0.25, 0.3) is 0 Å². The number of hydrogen-bond donors (Lipinski definition) is 2. The number of methoxy groups -OCH3 is 1. The molecule has 4 heteroatoms. The number of halogens is 1. The maximum absolute atomic E-state index is 10.2. The van der Waals surface area contributed by atoms with Crippen molar-refractivity contribution >= 4 is 15.9 Å². The van der Waals surface area contributed by atoms with Gasteiger partial charge in [0, 0.05) is 21.1 Å². The summed E-state index contributed by atoms with van der Waals surface area (Å²) in [4.78, 5) is 0. The largest absolute Gasteiger partial charge is 0.504 e. The molecule has 3 N–H and O–H groups in total. The van der Waals surface area contributed by atoms with Crippen LogP contribution in [0.4, 0.5) is 0 Å². The molecule has 0 radical (unpaired) electrons. The van der Waals surface area contributed by atoms with E-state index in [9.17, 15) is 5.11 Å². The summed E-state index contributed by atoms with van der Waals surface area (Å²) < 4.78 is 6.14. The van der Waals surface area contributed by atoms with Crippen LogP contribution in [0.5, 0.6) is 11.5 Å². The van der Waals surface area contributed by atoms with E-state index in [1.165, 1.54) is 7.11 Å². The van der Waals surface area contributed by atoms with Gasteiger partial charge >= 0.3 is 0 Å². The molecule has 0 aliphatic carbocycles. The first-order valence-electron chi connectivity index (χ1n) is 5.06. The Kier molecular flexibility index (Phi) is 3.55. The molecule has 0 aliphatic heterocycles. The second kappa shape index (κ2) is 4.26. The molecule has 0 atom stereocenters. The van der Waals surface area contributed by atoms with E-state index >= 15 is 0 Å². The Morgan fingerprint density at radius 2 is 1.75 bits per heavy atom. The second-order valence-electron chi connectivity index (χ2n) is 4.54. The van der Waals surface area contributed by atoms with Crippen molar-refractivity contribution < 1.29 is 9.84 Å². The van der Waals surface area contributed by atoms with E-state index in [2.05, 4.69) is 15.9 Å². The minimum atomic E-state index is -0.613. The Balaban J connectivity index is 3.69. The summed E-state index contributed by atoms with van der Waals surface area (Å²) in [7, 11) is 1.54. The number of phenolic OH excluding ortho intramolecular Hbond substituents is 1. The fraction of sp³-hybridized carbons (Fsp3) is 0.500. The van der Waals surface area contributed by atoms with Gasteiger partial charge in [-0.05, 0) is 33.3 Å². The highest BCUT2D eigenvalue weighted by molar-refractivity contribution is 9.10. The summed E-state index contributed by atoms with van der Waals surface area (Å²) in [6.07, 6.45) is 0. The standard InChI is InChI=1S/C12H18BrNO2/c1-6-8(12(3,4)14)10(15)11(16-5)7(2)9(6)13/h15H,14H2,1-5H3. The molecule has 0 aliphatic rings. The van der Waals surface area contributed by atoms with Gasteiger partial charge in [0.05, 0.1) is 7.11 Å². The molecular weight excluding hydrogens is 270 g/mol. The van der Waals surface area contributed by atoms with E-state index in [1.807, 2.05) is 27.7 Å². The van der Waals surface area contributed by atoms with Crippen LogP contribution in [0.3, 0.4) is 0 Å². The number of ether oxygens (including phenoxy) is 1. The lowest BCUT2D eigenvalue weighted by Crippen LogP contribution is -2.30. The Bertz CT molecular complexity index is 422. The molecule has 0 bridgehead atoms. The average Bonchev–Trinajstić information content (AvgIpc) is 2.13. The zero-order valence-corrected chi connectivity index (χ0v) is 11.9. The second-order valence-corrected chi connectivity index (χ2v) is 5.34. The maximum atomic E-state index is 10.2. The van der Waals surface area contributed by atoms with Gasteiger partial charge in [-0.3, -0.25) is 0 Å². The van der Waals surface area contributed by atoms with Crippen molar-refractivity contribution in [3.05, 3.63) is 21.2 Å². The quantitative estimate of drug-likeness (QED) is 0.879. The lowest BCUT2D eigenvalue weighted by molar-refractivity contribution is 0.359. The van der Waals surface area contributed by atoms with Crippen molar-refractivity contribution in [2.75, 3.05) is 7.11 Å². The molecular formula is C12H18BrNO2. The Labute approximate surface area is 105 Å². The molecule has 0 saturated heterocycles. The smallest absolute Gasteiger partial charge is 0.164 e. The normalized spacial score (nSPS) is 11.7. The van der Waals surface area contributed by atoms with E-state index in [-0.39, 0.29) is 5.75 Å². The van der Waals surface area contributed by atoms with Crippen molar-refractivity contribution in [1.82, 2.24) is 0 Å². The van der Waals surface area contributed by atoms with Crippen LogP contribution in [0.2, 0.25) is 0 Å². The average molecular weight is 288 g/mol. The zero-order chi connectivity index (χ0) is 12.7. The van der Waals surface area contributed by atoms with Crippen LogP contribution in [0, 0.1) is 13.8 Å². The van der Waals surface area contributed by atoms with Gasteiger partial charge in [-0.25, -0.2) is 0 Å². The fourth-order valence-electron chi connectivity index (χ4n) is 2.00. The first kappa shape index (κ1) is 13.3. The van der Waals surface area contributed by atoms with Crippen LogP contribution in [0.15, 0.2) is 4.47 Å². The van der Waals surface area contributed by atoms with Crippen molar-refractivity contribution in [2.45, 2.75) is 33.2 Å². The van der Waals surface area contributed by atoms with Crippen molar-refractivity contribution in [1.29, 1.82) is 0 Å². The Hall–Kier alpha value is -0.740. The molecule has 0 fully saturated rings. The van der Waals surface area contributed by atoms with Crippen LogP contribution >= 0.6 is 15.9 Å². The molecule has 3 nitrogen and oxygen atoms in total. The predicted octanol–water partition coefficient (Wildman–Crippen LogP) is 2.97. The monoisotopic (exact) mass is 287 g/mol. The number of rotatable bonds is 2. The van der Waals surface area contributed by atoms with Crippen LogP contribution in [-0.2, 0) is 5.54 Å². The van der Waals surface area contributed by atoms with Crippen molar-refractivity contribution in [3.63, 3.8) is 0 Å². The molecule has 90 valence electrons. The summed E-state index contributed by atoms with van der Waals surface area (Å²) in [6.45, 7) is 7.54. The van der Waals surface area contributed by atoms with Gasteiger partial charge in [0.25, 0.3) is 0 Å². The molecule has 0 saturated carbocycles. The topological polar surface area (TPSA) is 55.5 Å². The number of phenols is 1. The summed E-state index contributed by atoms with van der Waals surface area (Å²) in [5, 5.41) is 10.2. The van der Waals surface area contributed by atoms with E-state index in [1.54, 1.807) is 0 Å². The summed E-state index contributed by atoms with van der Waals surface area (Å²) in [5.74, 6) is 0.610. The van der Waals surface area contributed by atoms with Gasteiger partial charge in [-0.2, -0.15) is 0 Å². The third-order valence-corrected chi connectivity index (χ3v) is 3.86. The Morgan fingerprint density at radius 3 is 2.12 bits per heavy atom. The third kappa shape index (κ3) is 2.04. The van der Waals surface area contributed by atoms with Crippen LogP contribution < -0.4 is 10.5 Å². The molecule has 1 aromatic rings. The maximum Gasteiger partial charge on any atom is 0.164 e. The molecule has 16 heavy (non-hydrogen) atoms. The molecule has 0 heterocycles. The Morgan fingerprint density at radius 1 is 1.25 bits per heavy atom. The lowest BCUT2D eigenvalue weighted by atomic mass is 9.89. The van der Waals surface area contributed by atoms with Crippen LogP contribution in [-0.4, -0.2) is 12.2 Å². The number of hydrogen-bond acceptors (Lipinski definition) is 3. The minimum Gasteiger partial charge on any atom is -0.504 e. The zero-order valence-electron chi connectivity index (χ0n) is 10.3. The predicted molar refractivity (Wildman–Crippen MR) is 69.0 cm³/mol. The number of nitrogens with two attached hydrogens (primary N) is 1. The SMILES string of the molecule is COc1c(C)c(Br)c(C)c(C(C)(C)N)c1O. The summed E-state index contributed by atoms with van der Waals surface area (Å²) in [5.41, 5.74) is 7.99. The number of benzene rings is 1. The molecule has 0 unspecified atom stereocenters. The molecule has 0 amide bonds. The van der Waals surface area contributed by atoms with E-state index < -0.39 is 5.54 Å². The van der Waals surface area contributed by atoms with E-state index in [4.69, 9.17) is 10.5 Å². The molecule has 1 aromatic carbocycles. The highest BCUT2D eigenvalue weighted by atomic mass is 79.9. The van der Waals surface area contributed by atoms with Crippen LogP contribution in [0.1, 0.15) is 30.5 Å². The van der Waals surface area contributed by atoms with Gasteiger partial charge < -0.3 is 15.6 Å². The third-order valence-electron chi connectivity index (χ3n) is 2.67. The highest BCUT2D eigenvalue weighted by Gasteiger charge is 2.27. The van der Waals surface area contributed by atoms with Gasteiger partial charge in [-0.1, -0.05) is 15.9 Å². The summed E-state index contributed by atoms with van der Waals surface area (Å²) >= 11 is 3.50. The van der Waals surface area contributed by atoms with Gasteiger partial charge in [0.15, 0.2) is 11.5 Å². The van der Waals surface area contributed by atoms with Gasteiger partial charge in [-0.15, -0.1) is 0 Å². The van der Waals surface area contributed by atoms with Crippen molar-refractivity contribution in [3.8, 4) is 11.5 Å². The highest BCUT2D eigenvalue weighted by Crippen LogP contribution is 2.44. The van der Waals surface area contributed by atoms with E-state index in [0.29, 0.717) is 11.3 Å². The van der Waals surface area contributed by atoms with E-state index in [0.717, 1.165) is 15.6 Å². The molecule has 0 aromatic heterocycles. The van der Waals surface area contributed by atoms with Gasteiger partial charge in [0.1, 0.15) is 0 Å². The summed E-state index contributed by atoms with van der Waals surface area (Å²) in [6, 6.07) is 0. The lowest BCUT2D eigenvalue weighted by Gasteiger charge is -2.26. The minimum absolute atomic E-state index is 0.133. The molecule has 1 rings (SSSR count). The molecule has 0 spiro atoms. The number of aromatic hydroxyl groups is 1. The fourth-order valence-corrected chi connectivity index (χ4v) is 2.38. The first-order valence-corrected chi connectivity index (χ1v) is 5.86. The first-order chi connectivity index (χ1) is 7.21. The van der Waals surface area contributed by atoms with Crippen molar-refractivity contribution in [2.24, 2.45) is 5.73 Å². The van der Waals surface area contributed by atoms with Gasteiger partial charge in [0.2, 0.25) is 0 Å².